The number of carbonyl (C=O) groups is 1. The Hall–Kier alpha value is -2.34. The molecule has 0 radical (unpaired) electrons. The van der Waals surface area contributed by atoms with Crippen LogP contribution in [0, 0.1) is 0 Å². The molecule has 0 atom stereocenters. The van der Waals surface area contributed by atoms with Gasteiger partial charge in [0, 0.05) is 12.2 Å². The van der Waals surface area contributed by atoms with Gasteiger partial charge >= 0.3 is 6.18 Å². The van der Waals surface area contributed by atoms with Crippen molar-refractivity contribution in [2.75, 3.05) is 18.9 Å². The fourth-order valence-corrected chi connectivity index (χ4v) is 2.13. The Balaban J connectivity index is 1.87. The van der Waals surface area contributed by atoms with E-state index in [2.05, 4.69) is 5.32 Å². The summed E-state index contributed by atoms with van der Waals surface area (Å²) >= 11 is 0. The molecule has 0 saturated heterocycles. The molecule has 0 saturated carbocycles. The lowest BCUT2D eigenvalue weighted by Crippen LogP contribution is -2.29. The summed E-state index contributed by atoms with van der Waals surface area (Å²) in [4.78, 5) is 13.6. The molecule has 122 valence electrons. The molecule has 0 heterocycles. The zero-order chi connectivity index (χ0) is 16.9. The molecule has 0 aromatic heterocycles. The van der Waals surface area contributed by atoms with Gasteiger partial charge in [0.15, 0.2) is 0 Å². The molecule has 2 aromatic rings. The van der Waals surface area contributed by atoms with Crippen LogP contribution in [0.25, 0.3) is 0 Å². The van der Waals surface area contributed by atoms with Crippen molar-refractivity contribution in [1.29, 1.82) is 0 Å². The first-order valence-corrected chi connectivity index (χ1v) is 7.04. The molecule has 23 heavy (non-hydrogen) atoms. The van der Waals surface area contributed by atoms with Crippen molar-refractivity contribution in [2.45, 2.75) is 12.7 Å². The molecule has 0 aliphatic heterocycles. The van der Waals surface area contributed by atoms with Gasteiger partial charge < -0.3 is 5.32 Å². The van der Waals surface area contributed by atoms with Gasteiger partial charge in [0.2, 0.25) is 5.91 Å². The Bertz CT molecular complexity index is 639. The lowest BCUT2D eigenvalue weighted by Gasteiger charge is -2.17. The SMILES string of the molecule is CN(CC(=O)Nc1ccccc1)Cc1ccc(C(F)(F)F)cc1. The van der Waals surface area contributed by atoms with Gasteiger partial charge in [0.1, 0.15) is 0 Å². The summed E-state index contributed by atoms with van der Waals surface area (Å²) in [6.45, 7) is 0.538. The quantitative estimate of drug-likeness (QED) is 0.909. The van der Waals surface area contributed by atoms with Crippen LogP contribution in [-0.4, -0.2) is 24.4 Å². The zero-order valence-corrected chi connectivity index (χ0v) is 12.6. The summed E-state index contributed by atoms with van der Waals surface area (Å²) in [7, 11) is 1.74. The molecule has 3 nitrogen and oxygen atoms in total. The molecule has 0 aliphatic rings. The number of hydrogen-bond donors (Lipinski definition) is 1. The van der Waals surface area contributed by atoms with Gasteiger partial charge in [-0.15, -0.1) is 0 Å². The second-order valence-electron chi connectivity index (χ2n) is 5.28. The largest absolute Gasteiger partial charge is 0.416 e. The third-order valence-electron chi connectivity index (χ3n) is 3.20. The number of anilines is 1. The normalized spacial score (nSPS) is 11.5. The van der Waals surface area contributed by atoms with Gasteiger partial charge in [-0.1, -0.05) is 30.3 Å². The van der Waals surface area contributed by atoms with E-state index in [9.17, 15) is 18.0 Å². The number of hydrogen-bond acceptors (Lipinski definition) is 2. The fraction of sp³-hybridized carbons (Fsp3) is 0.235. The van der Waals surface area contributed by atoms with Gasteiger partial charge in [-0.05, 0) is 36.9 Å². The van der Waals surface area contributed by atoms with E-state index in [4.69, 9.17) is 0 Å². The number of halogens is 3. The summed E-state index contributed by atoms with van der Waals surface area (Å²) in [6.07, 6.45) is -4.33. The first-order chi connectivity index (χ1) is 10.8. The highest BCUT2D eigenvalue weighted by Gasteiger charge is 2.29. The van der Waals surface area contributed by atoms with Crippen molar-refractivity contribution < 1.29 is 18.0 Å². The Kier molecular flexibility index (Phi) is 5.39. The van der Waals surface area contributed by atoms with Crippen molar-refractivity contribution in [3.63, 3.8) is 0 Å². The smallest absolute Gasteiger partial charge is 0.325 e. The second-order valence-corrected chi connectivity index (χ2v) is 5.28. The van der Waals surface area contributed by atoms with Crippen LogP contribution in [0.2, 0.25) is 0 Å². The van der Waals surface area contributed by atoms with Crippen LogP contribution in [0.15, 0.2) is 54.6 Å². The molecule has 1 amide bonds. The summed E-state index contributed by atoms with van der Waals surface area (Å²) in [5, 5.41) is 2.76. The van der Waals surface area contributed by atoms with E-state index in [1.165, 1.54) is 12.1 Å². The highest BCUT2D eigenvalue weighted by molar-refractivity contribution is 5.92. The summed E-state index contributed by atoms with van der Waals surface area (Å²) in [5.41, 5.74) is 0.749. The minimum atomic E-state index is -4.33. The molecule has 6 heteroatoms. The molecule has 0 fully saturated rings. The minimum absolute atomic E-state index is 0.149. The average Bonchev–Trinajstić information content (AvgIpc) is 2.47. The van der Waals surface area contributed by atoms with E-state index in [1.54, 1.807) is 24.1 Å². The third kappa shape index (κ3) is 5.41. The monoisotopic (exact) mass is 322 g/mol. The van der Waals surface area contributed by atoms with E-state index >= 15 is 0 Å². The van der Waals surface area contributed by atoms with Crippen molar-refractivity contribution in [1.82, 2.24) is 4.90 Å². The Morgan fingerprint density at radius 1 is 1.04 bits per heavy atom. The first kappa shape index (κ1) is 17.0. The van der Waals surface area contributed by atoms with Crippen molar-refractivity contribution in [3.05, 3.63) is 65.7 Å². The van der Waals surface area contributed by atoms with Gasteiger partial charge in [-0.25, -0.2) is 0 Å². The van der Waals surface area contributed by atoms with Crippen molar-refractivity contribution in [2.24, 2.45) is 0 Å². The molecule has 0 unspecified atom stereocenters. The Morgan fingerprint density at radius 3 is 2.22 bits per heavy atom. The summed E-state index contributed by atoms with van der Waals surface area (Å²) in [5.74, 6) is -0.175. The van der Waals surface area contributed by atoms with E-state index in [0.717, 1.165) is 12.1 Å². The average molecular weight is 322 g/mol. The van der Waals surface area contributed by atoms with Gasteiger partial charge in [0.25, 0.3) is 0 Å². The van der Waals surface area contributed by atoms with Gasteiger partial charge in [0.05, 0.1) is 12.1 Å². The number of nitrogens with one attached hydrogen (secondary N) is 1. The topological polar surface area (TPSA) is 32.3 Å². The van der Waals surface area contributed by atoms with E-state index in [-0.39, 0.29) is 12.5 Å². The molecule has 1 N–H and O–H groups in total. The number of amides is 1. The van der Waals surface area contributed by atoms with Gasteiger partial charge in [-0.2, -0.15) is 13.2 Å². The number of benzene rings is 2. The lowest BCUT2D eigenvalue weighted by molar-refractivity contribution is -0.137. The second kappa shape index (κ2) is 7.28. The van der Waals surface area contributed by atoms with Crippen LogP contribution in [0.1, 0.15) is 11.1 Å². The number of nitrogens with zero attached hydrogens (tertiary/aromatic N) is 1. The van der Waals surface area contributed by atoms with Crippen LogP contribution < -0.4 is 5.32 Å². The van der Waals surface area contributed by atoms with Crippen LogP contribution >= 0.6 is 0 Å². The maximum absolute atomic E-state index is 12.5. The van der Waals surface area contributed by atoms with Crippen LogP contribution in [0.3, 0.4) is 0 Å². The third-order valence-corrected chi connectivity index (χ3v) is 3.20. The highest BCUT2D eigenvalue weighted by Crippen LogP contribution is 2.29. The standard InChI is InChI=1S/C17H17F3N2O/c1-22(12-16(23)21-15-5-3-2-4-6-15)11-13-7-9-14(10-8-13)17(18,19)20/h2-10H,11-12H2,1H3,(H,21,23). The Labute approximate surface area is 132 Å². The minimum Gasteiger partial charge on any atom is -0.325 e. The first-order valence-electron chi connectivity index (χ1n) is 7.04. The molecule has 2 aromatic carbocycles. The summed E-state index contributed by atoms with van der Waals surface area (Å²) in [6, 6.07) is 14.0. The van der Waals surface area contributed by atoms with E-state index < -0.39 is 11.7 Å². The number of alkyl halides is 3. The maximum Gasteiger partial charge on any atom is 0.416 e. The predicted molar refractivity (Wildman–Crippen MR) is 82.8 cm³/mol. The maximum atomic E-state index is 12.5. The molecular weight excluding hydrogens is 305 g/mol. The fourth-order valence-electron chi connectivity index (χ4n) is 2.13. The number of rotatable bonds is 5. The molecule has 0 spiro atoms. The van der Waals surface area contributed by atoms with Gasteiger partial charge in [-0.3, -0.25) is 9.69 Å². The van der Waals surface area contributed by atoms with E-state index in [0.29, 0.717) is 17.8 Å². The van der Waals surface area contributed by atoms with Crippen LogP contribution in [0.4, 0.5) is 18.9 Å². The van der Waals surface area contributed by atoms with E-state index in [1.807, 2.05) is 18.2 Å². The number of likely N-dealkylation sites (N-methyl/N-ethyl adjacent to an activating group) is 1. The molecule has 0 bridgehead atoms. The highest BCUT2D eigenvalue weighted by atomic mass is 19.4. The zero-order valence-electron chi connectivity index (χ0n) is 12.6. The molecular formula is C17H17F3N2O. The van der Waals surface area contributed by atoms with Crippen molar-refractivity contribution in [3.8, 4) is 0 Å². The van der Waals surface area contributed by atoms with Crippen LogP contribution in [0.5, 0.6) is 0 Å². The van der Waals surface area contributed by atoms with Crippen molar-refractivity contribution >= 4 is 11.6 Å². The summed E-state index contributed by atoms with van der Waals surface area (Å²) < 4.78 is 37.5. The molecule has 2 rings (SSSR count). The number of para-hydroxylation sites is 1. The van der Waals surface area contributed by atoms with Crippen LogP contribution in [-0.2, 0) is 17.5 Å². The molecule has 0 aliphatic carbocycles. The Morgan fingerprint density at radius 2 is 1.65 bits per heavy atom. The predicted octanol–water partition coefficient (Wildman–Crippen LogP) is 3.78. The number of carbonyl (C=O) groups excluding carboxylic acids is 1. The lowest BCUT2D eigenvalue weighted by atomic mass is 10.1.